The molecule has 0 amide bonds. The Kier molecular flexibility index (Phi) is 3.16. The molecule has 0 aliphatic heterocycles. The first-order valence-corrected chi connectivity index (χ1v) is 6.96. The Morgan fingerprint density at radius 2 is 1.76 bits per heavy atom. The van der Waals surface area contributed by atoms with Gasteiger partial charge in [-0.3, -0.25) is 4.40 Å². The number of benzene rings is 1. The minimum atomic E-state index is -0.266. The minimum Gasteiger partial charge on any atom is -0.365 e. The highest BCUT2D eigenvalue weighted by atomic mass is 19.1. The van der Waals surface area contributed by atoms with E-state index in [4.69, 9.17) is 0 Å². The average Bonchev–Trinajstić information content (AvgIpc) is 2.76. The predicted octanol–water partition coefficient (Wildman–Crippen LogP) is 4.35. The Hall–Kier alpha value is -2.36. The molecule has 3 rings (SSSR count). The molecule has 108 valence electrons. The van der Waals surface area contributed by atoms with Gasteiger partial charge in [0.15, 0.2) is 0 Å². The van der Waals surface area contributed by atoms with E-state index in [1.165, 1.54) is 6.07 Å². The highest BCUT2D eigenvalue weighted by molar-refractivity contribution is 5.77. The van der Waals surface area contributed by atoms with Gasteiger partial charge >= 0.3 is 0 Å². The van der Waals surface area contributed by atoms with E-state index in [0.717, 1.165) is 11.5 Å². The first kappa shape index (κ1) is 13.6. The summed E-state index contributed by atoms with van der Waals surface area (Å²) in [4.78, 5) is 4.59. The summed E-state index contributed by atoms with van der Waals surface area (Å²) in [5.74, 6) is 0.543. The molecule has 3 aromatic rings. The standard InChI is InChI=1S/C17H18FN3/c1-17(2,3)20-16-15(12-8-4-5-9-13(12)18)19-14-10-6-7-11-21(14)16/h4-11,20H,1-3H3. The summed E-state index contributed by atoms with van der Waals surface area (Å²) < 4.78 is 16.1. The summed E-state index contributed by atoms with van der Waals surface area (Å²) in [5.41, 5.74) is 1.79. The van der Waals surface area contributed by atoms with Crippen LogP contribution in [0, 0.1) is 5.82 Å². The fraction of sp³-hybridized carbons (Fsp3) is 0.235. The van der Waals surface area contributed by atoms with E-state index < -0.39 is 0 Å². The molecule has 0 aliphatic carbocycles. The molecule has 0 fully saturated rings. The Morgan fingerprint density at radius 3 is 2.48 bits per heavy atom. The van der Waals surface area contributed by atoms with Gasteiger partial charge in [-0.15, -0.1) is 0 Å². The van der Waals surface area contributed by atoms with Crippen molar-refractivity contribution >= 4 is 11.5 Å². The number of rotatable bonds is 2. The number of aromatic nitrogens is 2. The van der Waals surface area contributed by atoms with Crippen molar-refractivity contribution in [3.8, 4) is 11.3 Å². The van der Waals surface area contributed by atoms with Crippen molar-refractivity contribution in [1.82, 2.24) is 9.38 Å². The minimum absolute atomic E-state index is 0.147. The number of halogens is 1. The van der Waals surface area contributed by atoms with E-state index in [2.05, 4.69) is 31.1 Å². The van der Waals surface area contributed by atoms with Gasteiger partial charge in [-0.2, -0.15) is 0 Å². The molecule has 2 aromatic heterocycles. The van der Waals surface area contributed by atoms with Gasteiger partial charge < -0.3 is 5.32 Å². The normalized spacial score (nSPS) is 11.8. The first-order valence-electron chi connectivity index (χ1n) is 6.96. The number of fused-ring (bicyclic) bond motifs is 1. The largest absolute Gasteiger partial charge is 0.365 e. The molecule has 1 N–H and O–H groups in total. The molecule has 0 atom stereocenters. The smallest absolute Gasteiger partial charge is 0.139 e. The lowest BCUT2D eigenvalue weighted by molar-refractivity contribution is 0.625. The van der Waals surface area contributed by atoms with Crippen LogP contribution in [0.15, 0.2) is 48.7 Å². The first-order chi connectivity index (χ1) is 9.96. The van der Waals surface area contributed by atoms with E-state index >= 15 is 0 Å². The number of hydrogen-bond donors (Lipinski definition) is 1. The summed E-state index contributed by atoms with van der Waals surface area (Å²) in [7, 11) is 0. The van der Waals surface area contributed by atoms with E-state index in [1.54, 1.807) is 12.1 Å². The van der Waals surface area contributed by atoms with Gasteiger partial charge in [-0.05, 0) is 45.0 Å². The lowest BCUT2D eigenvalue weighted by atomic mass is 10.1. The number of pyridine rings is 1. The van der Waals surface area contributed by atoms with E-state index in [-0.39, 0.29) is 11.4 Å². The Labute approximate surface area is 123 Å². The van der Waals surface area contributed by atoms with Crippen molar-refractivity contribution in [3.05, 3.63) is 54.5 Å². The molecule has 21 heavy (non-hydrogen) atoms. The lowest BCUT2D eigenvalue weighted by Crippen LogP contribution is -2.27. The van der Waals surface area contributed by atoms with Gasteiger partial charge in [-0.1, -0.05) is 18.2 Å². The summed E-state index contributed by atoms with van der Waals surface area (Å²) in [5, 5.41) is 3.43. The van der Waals surface area contributed by atoms with Gasteiger partial charge in [0.2, 0.25) is 0 Å². The van der Waals surface area contributed by atoms with Crippen LogP contribution in [-0.4, -0.2) is 14.9 Å². The molecule has 1 aromatic carbocycles. The van der Waals surface area contributed by atoms with Crippen LogP contribution in [0.2, 0.25) is 0 Å². The Bertz CT molecular complexity index is 784. The van der Waals surface area contributed by atoms with Crippen molar-refractivity contribution in [2.45, 2.75) is 26.3 Å². The van der Waals surface area contributed by atoms with Crippen LogP contribution < -0.4 is 5.32 Å². The van der Waals surface area contributed by atoms with Crippen LogP contribution in [0.3, 0.4) is 0 Å². The zero-order valence-corrected chi connectivity index (χ0v) is 12.4. The van der Waals surface area contributed by atoms with Crippen LogP contribution in [0.4, 0.5) is 10.2 Å². The second-order valence-corrected chi connectivity index (χ2v) is 6.09. The fourth-order valence-corrected chi connectivity index (χ4v) is 2.31. The van der Waals surface area contributed by atoms with Crippen molar-refractivity contribution in [3.63, 3.8) is 0 Å². The Balaban J connectivity index is 2.27. The van der Waals surface area contributed by atoms with Gasteiger partial charge in [0.1, 0.15) is 23.0 Å². The third kappa shape index (κ3) is 2.61. The van der Waals surface area contributed by atoms with E-state index in [0.29, 0.717) is 11.3 Å². The van der Waals surface area contributed by atoms with Crippen molar-refractivity contribution in [2.24, 2.45) is 0 Å². The van der Waals surface area contributed by atoms with E-state index in [1.807, 2.05) is 34.9 Å². The van der Waals surface area contributed by atoms with E-state index in [9.17, 15) is 4.39 Å². The highest BCUT2D eigenvalue weighted by Gasteiger charge is 2.20. The summed E-state index contributed by atoms with van der Waals surface area (Å²) in [6, 6.07) is 12.5. The van der Waals surface area contributed by atoms with Crippen molar-refractivity contribution in [1.29, 1.82) is 0 Å². The molecule has 0 spiro atoms. The molecule has 2 heterocycles. The van der Waals surface area contributed by atoms with Crippen LogP contribution in [0.25, 0.3) is 16.9 Å². The SMILES string of the molecule is CC(C)(C)Nc1c(-c2ccccc2F)nc2ccccn12. The van der Waals surface area contributed by atoms with Crippen molar-refractivity contribution < 1.29 is 4.39 Å². The topological polar surface area (TPSA) is 29.3 Å². The average molecular weight is 283 g/mol. The maximum atomic E-state index is 14.1. The van der Waals surface area contributed by atoms with Crippen LogP contribution in [0.5, 0.6) is 0 Å². The zero-order chi connectivity index (χ0) is 15.0. The summed E-state index contributed by atoms with van der Waals surface area (Å²) in [6.07, 6.45) is 1.93. The zero-order valence-electron chi connectivity index (χ0n) is 12.4. The number of anilines is 1. The molecule has 4 heteroatoms. The van der Waals surface area contributed by atoms with Crippen molar-refractivity contribution in [2.75, 3.05) is 5.32 Å². The molecular weight excluding hydrogens is 265 g/mol. The number of imidazole rings is 1. The third-order valence-corrected chi connectivity index (χ3v) is 3.15. The lowest BCUT2D eigenvalue weighted by Gasteiger charge is -2.22. The maximum Gasteiger partial charge on any atom is 0.139 e. The molecule has 0 radical (unpaired) electrons. The maximum absolute atomic E-state index is 14.1. The van der Waals surface area contributed by atoms with Gasteiger partial charge in [-0.25, -0.2) is 9.37 Å². The van der Waals surface area contributed by atoms with Gasteiger partial charge in [0.25, 0.3) is 0 Å². The quantitative estimate of drug-likeness (QED) is 0.757. The molecular formula is C17H18FN3. The number of nitrogens with one attached hydrogen (secondary N) is 1. The molecule has 0 saturated heterocycles. The molecule has 0 saturated carbocycles. The Morgan fingerprint density at radius 1 is 1.05 bits per heavy atom. The van der Waals surface area contributed by atoms with Crippen LogP contribution in [0.1, 0.15) is 20.8 Å². The predicted molar refractivity (Wildman–Crippen MR) is 84.0 cm³/mol. The molecule has 0 unspecified atom stereocenters. The molecule has 0 aliphatic rings. The van der Waals surface area contributed by atoms with Crippen LogP contribution in [-0.2, 0) is 0 Å². The number of nitrogens with zero attached hydrogens (tertiary/aromatic N) is 2. The molecule has 3 nitrogen and oxygen atoms in total. The highest BCUT2D eigenvalue weighted by Crippen LogP contribution is 2.32. The third-order valence-electron chi connectivity index (χ3n) is 3.15. The molecule has 0 bridgehead atoms. The van der Waals surface area contributed by atoms with Crippen LogP contribution >= 0.6 is 0 Å². The van der Waals surface area contributed by atoms with Gasteiger partial charge in [0.05, 0.1) is 0 Å². The second-order valence-electron chi connectivity index (χ2n) is 6.09. The monoisotopic (exact) mass is 283 g/mol. The number of hydrogen-bond acceptors (Lipinski definition) is 2. The summed E-state index contributed by atoms with van der Waals surface area (Å²) >= 11 is 0. The van der Waals surface area contributed by atoms with Gasteiger partial charge in [0, 0.05) is 17.3 Å². The second kappa shape index (κ2) is 4.88. The summed E-state index contributed by atoms with van der Waals surface area (Å²) in [6.45, 7) is 6.21. The fourth-order valence-electron chi connectivity index (χ4n) is 2.31.